The van der Waals surface area contributed by atoms with Crippen molar-refractivity contribution in [3.05, 3.63) is 33.9 Å². The van der Waals surface area contributed by atoms with Gasteiger partial charge in [0.1, 0.15) is 0 Å². The summed E-state index contributed by atoms with van der Waals surface area (Å²) in [5, 5.41) is 0. The summed E-state index contributed by atoms with van der Waals surface area (Å²) in [6.45, 7) is 0. The molecule has 1 aromatic rings. The minimum atomic E-state index is 0.982. The molecule has 0 saturated heterocycles. The Bertz CT molecular complexity index is 428. The van der Waals surface area contributed by atoms with Gasteiger partial charge in [-0.15, -0.1) is 0 Å². The molecule has 0 N–H and O–H groups in total. The second-order valence-electron chi connectivity index (χ2n) is 4.57. The van der Waals surface area contributed by atoms with Gasteiger partial charge in [-0.3, -0.25) is 0 Å². The number of benzene rings is 1. The van der Waals surface area contributed by atoms with E-state index in [9.17, 15) is 0 Å². The van der Waals surface area contributed by atoms with Gasteiger partial charge < -0.3 is 0 Å². The van der Waals surface area contributed by atoms with Crippen LogP contribution in [0, 0.1) is 0 Å². The molecular formula is C11H8. The quantitative estimate of drug-likeness (QED) is 0.518. The van der Waals surface area contributed by atoms with Crippen LogP contribution in [0.4, 0.5) is 0 Å². The van der Waals surface area contributed by atoms with Gasteiger partial charge in [0.25, 0.3) is 0 Å². The van der Waals surface area contributed by atoms with Crippen molar-refractivity contribution in [2.75, 3.05) is 0 Å². The van der Waals surface area contributed by atoms with Gasteiger partial charge >= 0.3 is 0 Å². The molecule has 0 aromatic heterocycles. The van der Waals surface area contributed by atoms with E-state index < -0.39 is 0 Å². The van der Waals surface area contributed by atoms with Gasteiger partial charge in [0.2, 0.25) is 0 Å². The van der Waals surface area contributed by atoms with Crippen molar-refractivity contribution in [3.8, 4) is 0 Å². The first-order valence-electron chi connectivity index (χ1n) is 4.64. The van der Waals surface area contributed by atoms with E-state index in [1.807, 2.05) is 11.1 Å². The fourth-order valence-electron chi connectivity index (χ4n) is 3.44. The monoisotopic (exact) mass is 140 g/mol. The first-order valence-corrected chi connectivity index (χ1v) is 4.64. The highest BCUT2D eigenvalue weighted by atomic mass is 14.6. The lowest BCUT2D eigenvalue weighted by Crippen LogP contribution is -2.01. The molecule has 4 aliphatic rings. The SMILES string of the molecule is c1c2c3c(c4c1C1CC41)C3C2. The lowest BCUT2D eigenvalue weighted by molar-refractivity contribution is 0.868. The van der Waals surface area contributed by atoms with Gasteiger partial charge in [-0.05, 0) is 52.5 Å². The Labute approximate surface area is 65.2 Å². The molecule has 11 heavy (non-hydrogen) atoms. The molecule has 52 valence electrons. The number of hydrogen-bond acceptors (Lipinski definition) is 0. The summed E-state index contributed by atoms with van der Waals surface area (Å²) in [5.41, 5.74) is 8.86. The van der Waals surface area contributed by atoms with Crippen LogP contribution in [-0.4, -0.2) is 0 Å². The molecule has 4 aliphatic carbocycles. The Morgan fingerprint density at radius 1 is 1.09 bits per heavy atom. The van der Waals surface area contributed by atoms with Gasteiger partial charge in [-0.25, -0.2) is 0 Å². The van der Waals surface area contributed by atoms with Crippen LogP contribution in [0.25, 0.3) is 0 Å². The summed E-state index contributed by atoms with van der Waals surface area (Å²) in [6, 6.07) is 2.51. The highest BCUT2D eigenvalue weighted by Gasteiger charge is 2.59. The van der Waals surface area contributed by atoms with E-state index in [2.05, 4.69) is 6.07 Å². The third-order valence-electron chi connectivity index (χ3n) is 4.17. The zero-order valence-corrected chi connectivity index (χ0v) is 6.22. The highest BCUT2D eigenvalue weighted by molar-refractivity contribution is 5.76. The summed E-state index contributed by atoms with van der Waals surface area (Å²) in [4.78, 5) is 0. The van der Waals surface area contributed by atoms with Crippen molar-refractivity contribution >= 4 is 0 Å². The lowest BCUT2D eigenvalue weighted by Gasteiger charge is -2.17. The fourth-order valence-corrected chi connectivity index (χ4v) is 3.44. The first-order chi connectivity index (χ1) is 5.45. The van der Waals surface area contributed by atoms with Crippen LogP contribution in [0.3, 0.4) is 0 Å². The first kappa shape index (κ1) is 4.30. The molecule has 0 heteroatoms. The van der Waals surface area contributed by atoms with Crippen LogP contribution in [0.5, 0.6) is 0 Å². The maximum Gasteiger partial charge on any atom is 0.0142 e. The van der Waals surface area contributed by atoms with E-state index in [1.165, 1.54) is 12.8 Å². The van der Waals surface area contributed by atoms with Crippen LogP contribution in [0.15, 0.2) is 6.07 Å². The zero-order chi connectivity index (χ0) is 6.74. The largest absolute Gasteiger partial charge is 0.0549 e. The number of hydrogen-bond donors (Lipinski definition) is 0. The molecule has 1 fully saturated rings. The second kappa shape index (κ2) is 0.906. The van der Waals surface area contributed by atoms with E-state index in [4.69, 9.17) is 0 Å². The molecule has 0 amide bonds. The Kier molecular flexibility index (Phi) is 0.354. The van der Waals surface area contributed by atoms with Crippen molar-refractivity contribution in [2.24, 2.45) is 0 Å². The Balaban J connectivity index is 2.06. The molecule has 0 aliphatic heterocycles. The van der Waals surface area contributed by atoms with Crippen LogP contribution >= 0.6 is 0 Å². The maximum absolute atomic E-state index is 2.51. The topological polar surface area (TPSA) is 0 Å². The Morgan fingerprint density at radius 2 is 2.09 bits per heavy atom. The van der Waals surface area contributed by atoms with E-state index in [0.29, 0.717) is 0 Å². The summed E-state index contributed by atoms with van der Waals surface area (Å²) in [7, 11) is 0. The smallest absolute Gasteiger partial charge is 0.0142 e. The Morgan fingerprint density at radius 3 is 3.09 bits per heavy atom. The van der Waals surface area contributed by atoms with Crippen molar-refractivity contribution in [1.29, 1.82) is 0 Å². The zero-order valence-electron chi connectivity index (χ0n) is 6.22. The third kappa shape index (κ3) is 0.257. The molecule has 5 rings (SSSR count). The van der Waals surface area contributed by atoms with Crippen molar-refractivity contribution in [2.45, 2.75) is 30.6 Å². The molecular weight excluding hydrogens is 132 g/mol. The van der Waals surface area contributed by atoms with Crippen LogP contribution in [-0.2, 0) is 6.42 Å². The molecule has 0 heterocycles. The van der Waals surface area contributed by atoms with E-state index in [1.54, 1.807) is 16.7 Å². The van der Waals surface area contributed by atoms with Gasteiger partial charge in [0.15, 0.2) is 0 Å². The molecule has 1 aromatic carbocycles. The fraction of sp³-hybridized carbons (Fsp3) is 0.455. The summed E-state index contributed by atoms with van der Waals surface area (Å²) < 4.78 is 0. The van der Waals surface area contributed by atoms with Crippen molar-refractivity contribution in [3.63, 3.8) is 0 Å². The minimum Gasteiger partial charge on any atom is -0.0549 e. The van der Waals surface area contributed by atoms with Crippen molar-refractivity contribution < 1.29 is 0 Å². The highest BCUT2D eigenvalue weighted by Crippen LogP contribution is 2.74. The molecule has 3 unspecified atom stereocenters. The van der Waals surface area contributed by atoms with E-state index >= 15 is 0 Å². The summed E-state index contributed by atoms with van der Waals surface area (Å²) in [5.74, 6) is 3.07. The standard InChI is InChI=1S/C11H8/c1-4-2-8-9(4)11(8)10-6(1)5-3-7(5)10/h1,5,7-8H,2-3H2. The molecule has 3 atom stereocenters. The molecule has 0 bridgehead atoms. The normalized spacial score (nSPS) is 42.7. The predicted octanol–water partition coefficient (Wildman–Crippen LogP) is 2.27. The molecule has 0 radical (unpaired) electrons. The van der Waals surface area contributed by atoms with Crippen LogP contribution < -0.4 is 0 Å². The van der Waals surface area contributed by atoms with Gasteiger partial charge in [-0.1, -0.05) is 6.07 Å². The second-order valence-corrected chi connectivity index (χ2v) is 4.57. The van der Waals surface area contributed by atoms with Crippen molar-refractivity contribution in [1.82, 2.24) is 0 Å². The number of fused-ring (bicyclic) bond motifs is 6. The van der Waals surface area contributed by atoms with Crippen LogP contribution in [0.1, 0.15) is 52.0 Å². The average molecular weight is 140 g/mol. The lowest BCUT2D eigenvalue weighted by atomic mass is 9.87. The molecule has 1 saturated carbocycles. The number of rotatable bonds is 0. The molecule has 0 spiro atoms. The Hall–Kier alpha value is -0.780. The van der Waals surface area contributed by atoms with Crippen LogP contribution in [0.2, 0.25) is 0 Å². The average Bonchev–Trinajstić information content (AvgIpc) is 2.71. The van der Waals surface area contributed by atoms with Gasteiger partial charge in [0.05, 0.1) is 0 Å². The van der Waals surface area contributed by atoms with Gasteiger partial charge in [-0.2, -0.15) is 0 Å². The molecule has 0 nitrogen and oxygen atoms in total. The summed E-state index contributed by atoms with van der Waals surface area (Å²) >= 11 is 0. The minimum absolute atomic E-state index is 0.982. The predicted molar refractivity (Wildman–Crippen MR) is 42.1 cm³/mol. The maximum atomic E-state index is 2.51. The van der Waals surface area contributed by atoms with E-state index in [-0.39, 0.29) is 0 Å². The third-order valence-corrected chi connectivity index (χ3v) is 4.17. The summed E-state index contributed by atoms with van der Waals surface area (Å²) in [6.07, 6.45) is 2.90. The van der Waals surface area contributed by atoms with E-state index in [0.717, 1.165) is 17.8 Å². The van der Waals surface area contributed by atoms with Gasteiger partial charge in [0, 0.05) is 5.92 Å².